The van der Waals surface area contributed by atoms with Crippen LogP contribution >= 0.6 is 15.9 Å². The highest BCUT2D eigenvalue weighted by atomic mass is 79.9. The molecule has 0 radical (unpaired) electrons. The number of non-ortho nitro benzene ring substituents is 1. The van der Waals surface area contributed by atoms with Crippen molar-refractivity contribution in [3.63, 3.8) is 0 Å². The summed E-state index contributed by atoms with van der Waals surface area (Å²) in [6.07, 6.45) is 2.79. The average Bonchev–Trinajstić information content (AvgIpc) is 2.75. The summed E-state index contributed by atoms with van der Waals surface area (Å²) in [4.78, 5) is 21.0. The number of nitro groups is 1. The summed E-state index contributed by atoms with van der Waals surface area (Å²) in [7, 11) is 0. The van der Waals surface area contributed by atoms with E-state index in [0.29, 0.717) is 15.8 Å². The largest absolute Gasteiger partial charge is 0.422 e. The average molecular weight is 296 g/mol. The van der Waals surface area contributed by atoms with Gasteiger partial charge in [0.1, 0.15) is 5.76 Å². The van der Waals surface area contributed by atoms with Gasteiger partial charge in [0, 0.05) is 18.2 Å². The van der Waals surface area contributed by atoms with Crippen molar-refractivity contribution in [3.8, 4) is 0 Å². The van der Waals surface area contributed by atoms with Gasteiger partial charge in [-0.15, -0.1) is 0 Å². The fourth-order valence-corrected chi connectivity index (χ4v) is 1.80. The highest BCUT2D eigenvalue weighted by Crippen LogP contribution is 2.30. The first-order valence-electron chi connectivity index (χ1n) is 4.62. The zero-order chi connectivity index (χ0) is 12.4. The van der Waals surface area contributed by atoms with E-state index in [-0.39, 0.29) is 5.69 Å². The van der Waals surface area contributed by atoms with Crippen LogP contribution in [-0.2, 0) is 9.53 Å². The van der Waals surface area contributed by atoms with E-state index in [1.54, 1.807) is 12.1 Å². The Balaban J connectivity index is 2.41. The van der Waals surface area contributed by atoms with Crippen molar-refractivity contribution in [2.24, 2.45) is 0 Å². The van der Waals surface area contributed by atoms with Crippen LogP contribution in [0.15, 0.2) is 42.2 Å². The number of nitro benzene ring substituents is 1. The highest BCUT2D eigenvalue weighted by Gasteiger charge is 2.16. The van der Waals surface area contributed by atoms with Crippen LogP contribution in [0, 0.1) is 10.1 Å². The minimum Gasteiger partial charge on any atom is -0.422 e. The Morgan fingerprint density at radius 3 is 2.71 bits per heavy atom. The Hall–Kier alpha value is -1.95. The van der Waals surface area contributed by atoms with Crippen LogP contribution in [0.2, 0.25) is 0 Å². The molecule has 0 bridgehead atoms. The van der Waals surface area contributed by atoms with Crippen molar-refractivity contribution in [3.05, 3.63) is 57.9 Å². The molecule has 0 aromatic heterocycles. The van der Waals surface area contributed by atoms with E-state index in [0.717, 1.165) is 0 Å². The summed E-state index contributed by atoms with van der Waals surface area (Å²) >= 11 is 3.25. The molecule has 0 aliphatic carbocycles. The van der Waals surface area contributed by atoms with E-state index >= 15 is 0 Å². The number of rotatable bonds is 2. The van der Waals surface area contributed by atoms with E-state index in [2.05, 4.69) is 15.9 Å². The molecule has 17 heavy (non-hydrogen) atoms. The number of carbonyl (C=O) groups excluding carboxylic acids is 1. The fourth-order valence-electron chi connectivity index (χ4n) is 1.34. The number of hydrogen-bond donors (Lipinski definition) is 0. The van der Waals surface area contributed by atoms with Crippen LogP contribution in [0.25, 0.3) is 4.48 Å². The topological polar surface area (TPSA) is 69.4 Å². The number of carbonyl (C=O) groups is 1. The minimum absolute atomic E-state index is 0.0200. The molecule has 1 aliphatic heterocycles. The van der Waals surface area contributed by atoms with Crippen molar-refractivity contribution in [1.82, 2.24) is 0 Å². The van der Waals surface area contributed by atoms with Crippen LogP contribution in [0.4, 0.5) is 5.69 Å². The summed E-state index contributed by atoms with van der Waals surface area (Å²) in [5, 5.41) is 10.6. The molecule has 0 fully saturated rings. The number of ether oxygens (including phenoxy) is 1. The first kappa shape index (κ1) is 11.5. The second-order valence-electron chi connectivity index (χ2n) is 3.24. The molecule has 86 valence electrons. The third-order valence-corrected chi connectivity index (χ3v) is 2.96. The molecular formula is C11H6BrNO4. The van der Waals surface area contributed by atoms with Gasteiger partial charge in [-0.05, 0) is 27.6 Å². The van der Waals surface area contributed by atoms with Gasteiger partial charge >= 0.3 is 5.97 Å². The molecule has 5 nitrogen and oxygen atoms in total. The predicted octanol–water partition coefficient (Wildman–Crippen LogP) is 2.77. The van der Waals surface area contributed by atoms with Crippen molar-refractivity contribution < 1.29 is 14.5 Å². The first-order chi connectivity index (χ1) is 8.08. The predicted molar refractivity (Wildman–Crippen MR) is 64.2 cm³/mol. The van der Waals surface area contributed by atoms with Crippen LogP contribution in [0.3, 0.4) is 0 Å². The SMILES string of the molecule is O=C1C=C/C(=C(/Br)c2cccc([N+](=O)[O-])c2)O1. The van der Waals surface area contributed by atoms with Crippen molar-refractivity contribution in [2.75, 3.05) is 0 Å². The monoisotopic (exact) mass is 295 g/mol. The molecule has 1 aromatic carbocycles. The Labute approximate surface area is 105 Å². The molecule has 0 atom stereocenters. The van der Waals surface area contributed by atoms with Crippen molar-refractivity contribution >= 4 is 32.1 Å². The smallest absolute Gasteiger partial charge is 0.336 e. The van der Waals surface area contributed by atoms with Crippen LogP contribution < -0.4 is 0 Å². The first-order valence-corrected chi connectivity index (χ1v) is 5.42. The van der Waals surface area contributed by atoms with Crippen LogP contribution in [-0.4, -0.2) is 10.9 Å². The molecule has 6 heteroatoms. The van der Waals surface area contributed by atoms with E-state index < -0.39 is 10.9 Å². The molecule has 0 saturated carbocycles. The Morgan fingerprint density at radius 1 is 1.35 bits per heavy atom. The van der Waals surface area contributed by atoms with Crippen LogP contribution in [0.1, 0.15) is 5.56 Å². The zero-order valence-corrected chi connectivity index (χ0v) is 10.0. The van der Waals surface area contributed by atoms with Gasteiger partial charge < -0.3 is 4.74 Å². The third kappa shape index (κ3) is 2.42. The van der Waals surface area contributed by atoms with Crippen LogP contribution in [0.5, 0.6) is 0 Å². The molecule has 0 N–H and O–H groups in total. The third-order valence-electron chi connectivity index (χ3n) is 2.11. The Morgan fingerprint density at radius 2 is 2.12 bits per heavy atom. The minimum atomic E-state index is -0.481. The quantitative estimate of drug-likeness (QED) is 0.478. The summed E-state index contributed by atoms with van der Waals surface area (Å²) < 4.78 is 5.39. The molecule has 0 amide bonds. The van der Waals surface area contributed by atoms with Crippen molar-refractivity contribution in [2.45, 2.75) is 0 Å². The number of cyclic esters (lactones) is 1. The molecular weight excluding hydrogens is 290 g/mol. The second kappa shape index (κ2) is 4.50. The van der Waals surface area contributed by atoms with Gasteiger partial charge in [-0.1, -0.05) is 12.1 Å². The normalized spacial score (nSPS) is 16.9. The maximum Gasteiger partial charge on any atom is 0.336 e. The molecule has 1 aromatic rings. The van der Waals surface area contributed by atoms with E-state index in [4.69, 9.17) is 4.74 Å². The van der Waals surface area contributed by atoms with Gasteiger partial charge in [0.25, 0.3) is 5.69 Å². The molecule has 2 rings (SSSR count). The lowest BCUT2D eigenvalue weighted by Gasteiger charge is -2.03. The lowest BCUT2D eigenvalue weighted by atomic mass is 10.2. The standard InChI is InChI=1S/C11H6BrNO4/c12-11(9-4-5-10(14)17-9)7-2-1-3-8(6-7)13(15)16/h1-6H/b11-9-. The van der Waals surface area contributed by atoms with Gasteiger partial charge in [-0.3, -0.25) is 10.1 Å². The molecule has 0 spiro atoms. The second-order valence-corrected chi connectivity index (χ2v) is 4.03. The van der Waals surface area contributed by atoms with Gasteiger partial charge in [-0.25, -0.2) is 4.79 Å². The van der Waals surface area contributed by atoms with Gasteiger partial charge in [0.05, 0.1) is 9.41 Å². The maximum atomic E-state index is 10.9. The van der Waals surface area contributed by atoms with Crippen molar-refractivity contribution in [1.29, 1.82) is 0 Å². The summed E-state index contributed by atoms with van der Waals surface area (Å²) in [5.41, 5.74) is 0.557. The lowest BCUT2D eigenvalue weighted by molar-refractivity contribution is -0.384. The Kier molecular flexibility index (Phi) is 3.06. The molecule has 0 saturated heterocycles. The lowest BCUT2D eigenvalue weighted by Crippen LogP contribution is -1.93. The molecule has 1 aliphatic rings. The number of benzene rings is 1. The number of nitrogens with zero attached hydrogens (tertiary/aromatic N) is 1. The number of allylic oxidation sites excluding steroid dienone is 1. The number of halogens is 1. The van der Waals surface area contributed by atoms with Gasteiger partial charge in [0.15, 0.2) is 0 Å². The van der Waals surface area contributed by atoms with Gasteiger partial charge in [-0.2, -0.15) is 0 Å². The summed E-state index contributed by atoms with van der Waals surface area (Å²) in [6.45, 7) is 0. The van der Waals surface area contributed by atoms with Gasteiger partial charge in [0.2, 0.25) is 0 Å². The van der Waals surface area contributed by atoms with E-state index in [9.17, 15) is 14.9 Å². The summed E-state index contributed by atoms with van der Waals surface area (Å²) in [5.74, 6) is -0.113. The maximum absolute atomic E-state index is 10.9. The fraction of sp³-hybridized carbons (Fsp3) is 0. The molecule has 0 unspecified atom stereocenters. The number of hydrogen-bond acceptors (Lipinski definition) is 4. The Bertz CT molecular complexity index is 562. The molecule has 1 heterocycles. The van der Waals surface area contributed by atoms with E-state index in [1.165, 1.54) is 24.3 Å². The highest BCUT2D eigenvalue weighted by molar-refractivity contribution is 9.15. The summed E-state index contributed by atoms with van der Waals surface area (Å²) in [6, 6.07) is 6.04. The number of esters is 1. The van der Waals surface area contributed by atoms with E-state index in [1.807, 2.05) is 0 Å². The zero-order valence-electron chi connectivity index (χ0n) is 8.42.